The van der Waals surface area contributed by atoms with Crippen molar-refractivity contribution in [2.24, 2.45) is 5.73 Å². The zero-order chi connectivity index (χ0) is 33.5. The number of carbonyl (C=O) groups is 3. The SMILES string of the molecule is CC1(CCOC(=O)NCc2ccc(-c3cnns3)cc2)SC(c2ccc(OCc3ccccc3)cc2)N(c2cccc(C(N)=O)c2)C1=O. The van der Waals surface area contributed by atoms with Gasteiger partial charge in [0, 0.05) is 24.2 Å². The Labute approximate surface area is 286 Å². The molecule has 2 heterocycles. The van der Waals surface area contributed by atoms with E-state index in [0.29, 0.717) is 30.2 Å². The van der Waals surface area contributed by atoms with Crippen LogP contribution < -0.4 is 20.7 Å². The monoisotopic (exact) mass is 679 g/mol. The third-order valence-corrected chi connectivity index (χ3v) is 10.3. The van der Waals surface area contributed by atoms with Gasteiger partial charge >= 0.3 is 6.09 Å². The van der Waals surface area contributed by atoms with Crippen LogP contribution in [-0.2, 0) is 22.7 Å². The Morgan fingerprint density at radius 1 is 0.958 bits per heavy atom. The first kappa shape index (κ1) is 32.7. The number of hydrogen-bond acceptors (Lipinski definition) is 9. The zero-order valence-electron chi connectivity index (χ0n) is 26.1. The molecule has 0 bridgehead atoms. The number of rotatable bonds is 12. The number of primary amides is 1. The molecule has 1 fully saturated rings. The van der Waals surface area contributed by atoms with Crippen LogP contribution in [0.5, 0.6) is 5.75 Å². The largest absolute Gasteiger partial charge is 0.489 e. The van der Waals surface area contributed by atoms with Crippen LogP contribution in [0.25, 0.3) is 10.4 Å². The zero-order valence-corrected chi connectivity index (χ0v) is 27.7. The van der Waals surface area contributed by atoms with E-state index in [1.165, 1.54) is 23.3 Å². The van der Waals surface area contributed by atoms with E-state index in [4.69, 9.17) is 15.2 Å². The Kier molecular flexibility index (Phi) is 10.0. The molecule has 4 aromatic carbocycles. The highest BCUT2D eigenvalue weighted by molar-refractivity contribution is 8.02. The van der Waals surface area contributed by atoms with Gasteiger partial charge in [0.2, 0.25) is 11.8 Å². The second kappa shape index (κ2) is 14.7. The molecule has 1 aliphatic rings. The minimum absolute atomic E-state index is 0.0343. The number of thioether (sulfide) groups is 1. The molecule has 0 aliphatic carbocycles. The Morgan fingerprint density at radius 2 is 1.73 bits per heavy atom. The minimum Gasteiger partial charge on any atom is -0.489 e. The molecule has 0 radical (unpaired) electrons. The van der Waals surface area contributed by atoms with E-state index >= 15 is 0 Å². The Balaban J connectivity index is 1.11. The summed E-state index contributed by atoms with van der Waals surface area (Å²) >= 11 is 2.79. The Hall–Kier alpha value is -5.20. The second-order valence-electron chi connectivity index (χ2n) is 11.4. The van der Waals surface area contributed by atoms with Crippen LogP contribution in [0.3, 0.4) is 0 Å². The molecule has 3 amide bonds. The second-order valence-corrected chi connectivity index (χ2v) is 13.7. The highest BCUT2D eigenvalue weighted by Crippen LogP contribution is 2.52. The number of alkyl carbamates (subject to hydrolysis) is 1. The van der Waals surface area contributed by atoms with E-state index in [-0.39, 0.29) is 18.9 Å². The Morgan fingerprint density at radius 3 is 2.44 bits per heavy atom. The number of nitrogens with one attached hydrogen (secondary N) is 1. The molecule has 5 aromatic rings. The van der Waals surface area contributed by atoms with Gasteiger partial charge < -0.3 is 20.5 Å². The fourth-order valence-electron chi connectivity index (χ4n) is 5.27. The third kappa shape index (κ3) is 7.67. The van der Waals surface area contributed by atoms with Gasteiger partial charge in [-0.1, -0.05) is 77.3 Å². The molecule has 10 nitrogen and oxygen atoms in total. The van der Waals surface area contributed by atoms with Gasteiger partial charge in [0.1, 0.15) is 17.7 Å². The van der Waals surface area contributed by atoms with E-state index in [2.05, 4.69) is 14.9 Å². The molecule has 3 N–H and O–H groups in total. The number of carbonyl (C=O) groups excluding carboxylic acids is 3. The van der Waals surface area contributed by atoms with Gasteiger partial charge in [-0.2, -0.15) is 0 Å². The fourth-order valence-corrected chi connectivity index (χ4v) is 7.30. The maximum Gasteiger partial charge on any atom is 0.407 e. The van der Waals surface area contributed by atoms with Crippen molar-refractivity contribution in [2.45, 2.75) is 36.6 Å². The molecule has 0 spiro atoms. The van der Waals surface area contributed by atoms with Crippen LogP contribution in [0.2, 0.25) is 0 Å². The molecule has 2 unspecified atom stereocenters. The first-order valence-corrected chi connectivity index (χ1v) is 16.9. The van der Waals surface area contributed by atoms with E-state index < -0.39 is 22.1 Å². The first-order chi connectivity index (χ1) is 23.3. The van der Waals surface area contributed by atoms with Crippen LogP contribution in [0.1, 0.15) is 45.8 Å². The van der Waals surface area contributed by atoms with E-state index in [1.807, 2.05) is 85.8 Å². The lowest BCUT2D eigenvalue weighted by Gasteiger charge is -2.25. The van der Waals surface area contributed by atoms with E-state index in [9.17, 15) is 14.4 Å². The summed E-state index contributed by atoms with van der Waals surface area (Å²) < 4.78 is 14.4. The number of aromatic nitrogens is 2. The molecule has 2 atom stereocenters. The van der Waals surface area contributed by atoms with Crippen molar-refractivity contribution in [2.75, 3.05) is 11.5 Å². The first-order valence-electron chi connectivity index (χ1n) is 15.2. The predicted octanol–water partition coefficient (Wildman–Crippen LogP) is 6.74. The van der Waals surface area contributed by atoms with Gasteiger partial charge in [0.15, 0.2) is 0 Å². The summed E-state index contributed by atoms with van der Waals surface area (Å²) in [7, 11) is 0. The number of benzene rings is 4. The lowest BCUT2D eigenvalue weighted by molar-refractivity contribution is -0.120. The number of nitrogens with two attached hydrogens (primary N) is 1. The van der Waals surface area contributed by atoms with Crippen LogP contribution in [0.4, 0.5) is 10.5 Å². The molecule has 48 heavy (non-hydrogen) atoms. The number of ether oxygens (including phenoxy) is 2. The number of anilines is 1. The van der Waals surface area contributed by atoms with Gasteiger partial charge in [-0.25, -0.2) is 4.79 Å². The van der Waals surface area contributed by atoms with Crippen molar-refractivity contribution in [3.8, 4) is 16.2 Å². The topological polar surface area (TPSA) is 137 Å². The van der Waals surface area contributed by atoms with Crippen molar-refractivity contribution in [3.63, 3.8) is 0 Å². The molecule has 0 saturated carbocycles. The molecule has 1 saturated heterocycles. The fraction of sp³-hybridized carbons (Fsp3) is 0.194. The molecule has 1 aromatic heterocycles. The number of nitrogens with zero attached hydrogens (tertiary/aromatic N) is 3. The summed E-state index contributed by atoms with van der Waals surface area (Å²) in [6.45, 7) is 2.62. The summed E-state index contributed by atoms with van der Waals surface area (Å²) in [6, 6.07) is 32.0. The number of hydrogen-bond donors (Lipinski definition) is 2. The van der Waals surface area contributed by atoms with Crippen LogP contribution in [0, 0.1) is 0 Å². The smallest absolute Gasteiger partial charge is 0.407 e. The highest BCUT2D eigenvalue weighted by atomic mass is 32.2. The van der Waals surface area contributed by atoms with Gasteiger partial charge in [-0.15, -0.1) is 16.9 Å². The molecular formula is C36H33N5O5S2. The molecule has 1 aliphatic heterocycles. The van der Waals surface area contributed by atoms with Gasteiger partial charge in [-0.05, 0) is 71.0 Å². The quantitative estimate of drug-likeness (QED) is 0.148. The average Bonchev–Trinajstić information content (AvgIpc) is 3.74. The normalized spacial score (nSPS) is 17.2. The van der Waals surface area contributed by atoms with Crippen LogP contribution in [0.15, 0.2) is 109 Å². The van der Waals surface area contributed by atoms with Gasteiger partial charge in [0.05, 0.1) is 22.4 Å². The highest BCUT2D eigenvalue weighted by Gasteiger charge is 2.50. The molecule has 12 heteroatoms. The standard InChI is InChI=1S/C36H33N5O5S2/c1-36(18-19-45-35(44)38-21-24-10-12-26(13-11-24)31-22-39-40-48-31)34(43)41(29-9-5-8-28(20-29)32(37)42)33(47-36)27-14-16-30(17-15-27)46-23-25-6-3-2-4-7-25/h2-17,20,22,33H,18-19,21,23H2,1H3,(H2,37,42)(H,38,44). The van der Waals surface area contributed by atoms with Gasteiger partial charge in [0.25, 0.3) is 0 Å². The average molecular weight is 680 g/mol. The van der Waals surface area contributed by atoms with Crippen molar-refractivity contribution in [1.29, 1.82) is 0 Å². The third-order valence-electron chi connectivity index (χ3n) is 7.95. The summed E-state index contributed by atoms with van der Waals surface area (Å²) in [5.74, 6) is -0.0407. The maximum absolute atomic E-state index is 14.1. The minimum atomic E-state index is -0.919. The van der Waals surface area contributed by atoms with E-state index in [1.54, 1.807) is 35.4 Å². The summed E-state index contributed by atoms with van der Waals surface area (Å²) in [5.41, 5.74) is 10.3. The lowest BCUT2D eigenvalue weighted by atomic mass is 10.0. The summed E-state index contributed by atoms with van der Waals surface area (Å²) in [6.07, 6.45) is 1.42. The summed E-state index contributed by atoms with van der Waals surface area (Å²) in [4.78, 5) is 41.3. The van der Waals surface area contributed by atoms with Crippen LogP contribution >= 0.6 is 23.3 Å². The van der Waals surface area contributed by atoms with Crippen molar-refractivity contribution >= 4 is 46.9 Å². The predicted molar refractivity (Wildman–Crippen MR) is 187 cm³/mol. The number of amides is 3. The Bertz CT molecular complexity index is 1870. The van der Waals surface area contributed by atoms with Crippen LogP contribution in [-0.4, -0.2) is 38.8 Å². The summed E-state index contributed by atoms with van der Waals surface area (Å²) in [5, 5.41) is 6.22. The maximum atomic E-state index is 14.1. The van der Waals surface area contributed by atoms with Gasteiger partial charge in [-0.3, -0.25) is 14.5 Å². The molecular weight excluding hydrogens is 647 g/mol. The molecule has 6 rings (SSSR count). The van der Waals surface area contributed by atoms with Crippen molar-refractivity contribution in [1.82, 2.24) is 14.9 Å². The lowest BCUT2D eigenvalue weighted by Crippen LogP contribution is -2.38. The molecule has 244 valence electrons. The van der Waals surface area contributed by atoms with Crippen molar-refractivity contribution < 1.29 is 23.9 Å². The van der Waals surface area contributed by atoms with Crippen molar-refractivity contribution in [3.05, 3.63) is 132 Å². The van der Waals surface area contributed by atoms with E-state index in [0.717, 1.165) is 27.1 Å².